The van der Waals surface area contributed by atoms with Gasteiger partial charge in [-0.3, -0.25) is 4.79 Å². The molecule has 2 fully saturated rings. The molecule has 1 unspecified atom stereocenters. The van der Waals surface area contributed by atoms with Gasteiger partial charge < -0.3 is 10.0 Å². The van der Waals surface area contributed by atoms with Crippen LogP contribution in [0.15, 0.2) is 29.2 Å². The Balaban J connectivity index is 1.67. The molecule has 3 rings (SSSR count). The summed E-state index contributed by atoms with van der Waals surface area (Å²) < 4.78 is 23.7. The molecular formula is C17H23NO4S2. The van der Waals surface area contributed by atoms with Crippen LogP contribution >= 0.6 is 11.8 Å². The number of amides is 1. The number of hydrogen-bond donors (Lipinski definition) is 1. The second-order valence-electron chi connectivity index (χ2n) is 6.58. The predicted octanol–water partition coefficient (Wildman–Crippen LogP) is 2.44. The molecule has 1 saturated heterocycles. The summed E-state index contributed by atoms with van der Waals surface area (Å²) in [6, 6.07) is 6.80. The lowest BCUT2D eigenvalue weighted by molar-refractivity contribution is -0.132. The number of benzene rings is 1. The lowest BCUT2D eigenvalue weighted by Gasteiger charge is -2.34. The highest BCUT2D eigenvalue weighted by Crippen LogP contribution is 2.30. The van der Waals surface area contributed by atoms with E-state index in [2.05, 4.69) is 0 Å². The number of carbonyl (C=O) groups is 1. The van der Waals surface area contributed by atoms with Gasteiger partial charge in [-0.05, 0) is 43.5 Å². The summed E-state index contributed by atoms with van der Waals surface area (Å²) in [7, 11) is -3.00. The van der Waals surface area contributed by atoms with Gasteiger partial charge in [0, 0.05) is 17.0 Å². The van der Waals surface area contributed by atoms with E-state index < -0.39 is 9.84 Å². The third-order valence-corrected chi connectivity index (χ3v) is 7.55. The van der Waals surface area contributed by atoms with Crippen molar-refractivity contribution in [3.05, 3.63) is 24.3 Å². The average molecular weight is 370 g/mol. The fourth-order valence-corrected chi connectivity index (χ4v) is 6.12. The van der Waals surface area contributed by atoms with Crippen molar-refractivity contribution in [3.8, 4) is 5.75 Å². The van der Waals surface area contributed by atoms with Crippen LogP contribution in [0.5, 0.6) is 5.75 Å². The maximum absolute atomic E-state index is 12.8. The minimum Gasteiger partial charge on any atom is -0.508 e. The van der Waals surface area contributed by atoms with Crippen LogP contribution in [0.3, 0.4) is 0 Å². The highest BCUT2D eigenvalue weighted by Gasteiger charge is 2.38. The van der Waals surface area contributed by atoms with E-state index in [1.54, 1.807) is 24.3 Å². The molecule has 0 radical (unpaired) electrons. The highest BCUT2D eigenvalue weighted by atomic mass is 32.2. The summed E-state index contributed by atoms with van der Waals surface area (Å²) in [5.41, 5.74) is 0. The van der Waals surface area contributed by atoms with E-state index in [0.717, 1.165) is 30.6 Å². The molecule has 5 nitrogen and oxygen atoms in total. The first kappa shape index (κ1) is 17.6. The first-order chi connectivity index (χ1) is 11.4. The number of aromatic hydroxyl groups is 1. The van der Waals surface area contributed by atoms with Crippen molar-refractivity contribution in [3.63, 3.8) is 0 Å². The van der Waals surface area contributed by atoms with Gasteiger partial charge in [0.25, 0.3) is 0 Å². The van der Waals surface area contributed by atoms with E-state index in [-0.39, 0.29) is 35.2 Å². The number of phenolic OH excluding ortho intramolecular Hbond substituents is 1. The normalized spacial score (nSPS) is 23.4. The largest absolute Gasteiger partial charge is 0.508 e. The minimum absolute atomic E-state index is 0.0297. The van der Waals surface area contributed by atoms with Crippen molar-refractivity contribution in [2.24, 2.45) is 0 Å². The molecule has 1 aromatic rings. The fourth-order valence-electron chi connectivity index (χ4n) is 3.64. The predicted molar refractivity (Wildman–Crippen MR) is 95.0 cm³/mol. The highest BCUT2D eigenvalue weighted by molar-refractivity contribution is 8.00. The topological polar surface area (TPSA) is 74.7 Å². The molecule has 1 heterocycles. The van der Waals surface area contributed by atoms with Crippen molar-refractivity contribution in [1.29, 1.82) is 0 Å². The van der Waals surface area contributed by atoms with Gasteiger partial charge in [0.15, 0.2) is 9.84 Å². The summed E-state index contributed by atoms with van der Waals surface area (Å²) in [6.45, 7) is 0. The van der Waals surface area contributed by atoms with E-state index in [1.165, 1.54) is 11.8 Å². The van der Waals surface area contributed by atoms with Crippen molar-refractivity contribution in [2.45, 2.75) is 49.1 Å². The van der Waals surface area contributed by atoms with E-state index in [9.17, 15) is 18.3 Å². The standard InChI is InChI=1S/C17H23NO4S2/c19-15-5-7-16(8-6-15)23-11-17(20)18(13-3-1-2-4-13)14-9-10-24(21,22)12-14/h5-8,13-14,19H,1-4,9-12H2. The molecule has 1 aromatic carbocycles. The number of hydrogen-bond acceptors (Lipinski definition) is 5. The summed E-state index contributed by atoms with van der Waals surface area (Å²) in [5, 5.41) is 9.32. The van der Waals surface area contributed by atoms with Crippen LogP contribution in [0.4, 0.5) is 0 Å². The molecule has 1 saturated carbocycles. The third-order valence-electron chi connectivity index (χ3n) is 4.81. The van der Waals surface area contributed by atoms with E-state index in [4.69, 9.17) is 0 Å². The zero-order valence-corrected chi connectivity index (χ0v) is 15.2. The first-order valence-electron chi connectivity index (χ1n) is 8.38. The van der Waals surface area contributed by atoms with Gasteiger partial charge in [-0.2, -0.15) is 0 Å². The fraction of sp³-hybridized carbons (Fsp3) is 0.588. The van der Waals surface area contributed by atoms with Gasteiger partial charge in [-0.15, -0.1) is 11.8 Å². The van der Waals surface area contributed by atoms with Gasteiger partial charge in [0.1, 0.15) is 5.75 Å². The molecular weight excluding hydrogens is 346 g/mol. The van der Waals surface area contributed by atoms with Crippen LogP contribution in [-0.2, 0) is 14.6 Å². The quantitative estimate of drug-likeness (QED) is 0.807. The Morgan fingerprint density at radius 1 is 1.12 bits per heavy atom. The lowest BCUT2D eigenvalue weighted by atomic mass is 10.1. The molecule has 132 valence electrons. The maximum atomic E-state index is 12.8. The second kappa shape index (κ2) is 7.35. The molecule has 1 aliphatic carbocycles. The monoisotopic (exact) mass is 369 g/mol. The minimum atomic E-state index is -3.00. The number of thioether (sulfide) groups is 1. The second-order valence-corrected chi connectivity index (χ2v) is 9.86. The Morgan fingerprint density at radius 2 is 1.79 bits per heavy atom. The lowest BCUT2D eigenvalue weighted by Crippen LogP contribution is -2.47. The molecule has 1 aliphatic heterocycles. The van der Waals surface area contributed by atoms with Crippen LogP contribution in [-0.4, -0.2) is 53.7 Å². The Kier molecular flexibility index (Phi) is 5.39. The first-order valence-corrected chi connectivity index (χ1v) is 11.2. The Morgan fingerprint density at radius 3 is 2.38 bits per heavy atom. The van der Waals surface area contributed by atoms with E-state index in [1.807, 2.05) is 4.90 Å². The summed E-state index contributed by atoms with van der Waals surface area (Å²) in [6.07, 6.45) is 4.74. The molecule has 1 atom stereocenters. The van der Waals surface area contributed by atoms with Gasteiger partial charge in [-0.25, -0.2) is 8.42 Å². The van der Waals surface area contributed by atoms with Gasteiger partial charge >= 0.3 is 0 Å². The number of rotatable bonds is 5. The number of carbonyl (C=O) groups excluding carboxylic acids is 1. The smallest absolute Gasteiger partial charge is 0.233 e. The summed E-state index contributed by atoms with van der Waals surface area (Å²) in [5.74, 6) is 0.840. The third kappa shape index (κ3) is 4.25. The maximum Gasteiger partial charge on any atom is 0.233 e. The Bertz CT molecular complexity index is 681. The van der Waals surface area contributed by atoms with Crippen molar-refractivity contribution in [1.82, 2.24) is 4.90 Å². The number of nitrogens with zero attached hydrogens (tertiary/aromatic N) is 1. The van der Waals surface area contributed by atoms with Crippen molar-refractivity contribution >= 4 is 27.5 Å². The molecule has 2 aliphatic rings. The average Bonchev–Trinajstić information content (AvgIpc) is 3.17. The molecule has 0 aromatic heterocycles. The zero-order chi connectivity index (χ0) is 17.2. The van der Waals surface area contributed by atoms with Crippen LogP contribution < -0.4 is 0 Å². The van der Waals surface area contributed by atoms with Crippen molar-refractivity contribution < 1.29 is 18.3 Å². The van der Waals surface area contributed by atoms with Crippen LogP contribution in [0.1, 0.15) is 32.1 Å². The van der Waals surface area contributed by atoms with Crippen LogP contribution in [0.2, 0.25) is 0 Å². The van der Waals surface area contributed by atoms with E-state index >= 15 is 0 Å². The zero-order valence-electron chi connectivity index (χ0n) is 13.6. The molecule has 1 N–H and O–H groups in total. The van der Waals surface area contributed by atoms with Crippen LogP contribution in [0.25, 0.3) is 0 Å². The molecule has 0 bridgehead atoms. The molecule has 0 spiro atoms. The summed E-state index contributed by atoms with van der Waals surface area (Å²) >= 11 is 1.43. The Labute approximate surface area is 147 Å². The van der Waals surface area contributed by atoms with Gasteiger partial charge in [-0.1, -0.05) is 12.8 Å². The SMILES string of the molecule is O=C(CSc1ccc(O)cc1)N(C1CCCC1)C1CCS(=O)(=O)C1. The van der Waals surface area contributed by atoms with Gasteiger partial charge in [0.05, 0.1) is 17.3 Å². The number of sulfone groups is 1. The summed E-state index contributed by atoms with van der Waals surface area (Å²) in [4.78, 5) is 15.6. The number of phenols is 1. The van der Waals surface area contributed by atoms with E-state index in [0.29, 0.717) is 12.2 Å². The molecule has 7 heteroatoms. The molecule has 24 heavy (non-hydrogen) atoms. The van der Waals surface area contributed by atoms with Gasteiger partial charge in [0.2, 0.25) is 5.91 Å². The van der Waals surface area contributed by atoms with Crippen molar-refractivity contribution in [2.75, 3.05) is 17.3 Å². The Hall–Kier alpha value is -1.21. The van der Waals surface area contributed by atoms with Crippen LogP contribution in [0, 0.1) is 0 Å². The molecule has 1 amide bonds.